The maximum atomic E-state index is 10.4. The number of aliphatic carboxylic acids is 1. The van der Waals surface area contributed by atoms with Crippen molar-refractivity contribution < 1.29 is 9.90 Å². The fourth-order valence-corrected chi connectivity index (χ4v) is 1.56. The number of carbonyl (C=O) groups is 1. The first-order valence-electron chi connectivity index (χ1n) is 5.07. The largest absolute Gasteiger partial charge is 0.480 e. The monoisotopic (exact) mass is 198 g/mol. The molecule has 0 bridgehead atoms. The normalized spacial score (nSPS) is 17.9. The first kappa shape index (κ1) is 11.2. The van der Waals surface area contributed by atoms with Crippen LogP contribution in [0, 0.1) is 0 Å². The molecule has 0 saturated carbocycles. The Kier molecular flexibility index (Phi) is 4.62. The molecule has 0 aromatic rings. The minimum atomic E-state index is -0.947. The van der Waals surface area contributed by atoms with Gasteiger partial charge >= 0.3 is 5.97 Å². The molecule has 1 rings (SSSR count). The highest BCUT2D eigenvalue weighted by atomic mass is 16.4. The summed E-state index contributed by atoms with van der Waals surface area (Å²) in [5, 5.41) is 11.6. The molecule has 4 heteroatoms. The topological polar surface area (TPSA) is 75.3 Å². The predicted molar refractivity (Wildman–Crippen MR) is 55.0 cm³/mol. The Morgan fingerprint density at radius 2 is 2.50 bits per heavy atom. The van der Waals surface area contributed by atoms with E-state index in [9.17, 15) is 4.79 Å². The van der Waals surface area contributed by atoms with E-state index in [0.717, 1.165) is 13.0 Å². The van der Waals surface area contributed by atoms with E-state index >= 15 is 0 Å². The summed E-state index contributed by atoms with van der Waals surface area (Å²) in [6, 6.07) is -0.785. The standard InChI is InChI=1S/C10H18N2O2/c11-9(10(13)14)7-12-6-5-8-3-1-2-4-8/h3,9,12H,1-2,4-7,11H2,(H,13,14). The average molecular weight is 198 g/mol. The molecule has 0 amide bonds. The maximum Gasteiger partial charge on any atom is 0.321 e. The van der Waals surface area contributed by atoms with Crippen LogP contribution in [0.5, 0.6) is 0 Å². The molecule has 0 aromatic heterocycles. The summed E-state index contributed by atoms with van der Waals surface area (Å²) < 4.78 is 0. The lowest BCUT2D eigenvalue weighted by Crippen LogP contribution is -2.40. The molecule has 4 nitrogen and oxygen atoms in total. The Labute approximate surface area is 84.2 Å². The van der Waals surface area contributed by atoms with Gasteiger partial charge < -0.3 is 16.2 Å². The highest BCUT2D eigenvalue weighted by Gasteiger charge is 2.10. The molecule has 0 fully saturated rings. The lowest BCUT2D eigenvalue weighted by molar-refractivity contribution is -0.138. The summed E-state index contributed by atoms with van der Waals surface area (Å²) in [4.78, 5) is 10.4. The van der Waals surface area contributed by atoms with Gasteiger partial charge in [0.15, 0.2) is 0 Å². The summed E-state index contributed by atoms with van der Waals surface area (Å²) in [6.45, 7) is 1.18. The zero-order valence-corrected chi connectivity index (χ0v) is 8.33. The van der Waals surface area contributed by atoms with Gasteiger partial charge in [0.2, 0.25) is 0 Å². The molecule has 0 saturated heterocycles. The molecule has 0 heterocycles. The summed E-state index contributed by atoms with van der Waals surface area (Å²) >= 11 is 0. The number of nitrogens with one attached hydrogen (secondary N) is 1. The van der Waals surface area contributed by atoms with E-state index in [1.165, 1.54) is 24.8 Å². The molecule has 4 N–H and O–H groups in total. The first-order valence-corrected chi connectivity index (χ1v) is 5.07. The third-order valence-corrected chi connectivity index (χ3v) is 2.44. The van der Waals surface area contributed by atoms with Crippen molar-refractivity contribution in [2.75, 3.05) is 13.1 Å². The molecule has 80 valence electrons. The second-order valence-corrected chi connectivity index (χ2v) is 3.65. The smallest absolute Gasteiger partial charge is 0.321 e. The van der Waals surface area contributed by atoms with Crippen LogP contribution in [-0.2, 0) is 4.79 Å². The van der Waals surface area contributed by atoms with Gasteiger partial charge in [-0.3, -0.25) is 4.79 Å². The number of allylic oxidation sites excluding steroid dienone is 1. The van der Waals surface area contributed by atoms with Gasteiger partial charge in [-0.25, -0.2) is 0 Å². The second-order valence-electron chi connectivity index (χ2n) is 3.65. The van der Waals surface area contributed by atoms with Gasteiger partial charge in [-0.15, -0.1) is 0 Å². The van der Waals surface area contributed by atoms with E-state index in [1.54, 1.807) is 0 Å². The quantitative estimate of drug-likeness (QED) is 0.429. The molecule has 0 radical (unpaired) electrons. The molecule has 14 heavy (non-hydrogen) atoms. The van der Waals surface area contributed by atoms with Crippen LogP contribution < -0.4 is 11.1 Å². The van der Waals surface area contributed by atoms with E-state index in [4.69, 9.17) is 10.8 Å². The van der Waals surface area contributed by atoms with Crippen LogP contribution in [0.2, 0.25) is 0 Å². The molecule has 1 unspecified atom stereocenters. The van der Waals surface area contributed by atoms with E-state index < -0.39 is 12.0 Å². The number of hydrogen-bond donors (Lipinski definition) is 3. The average Bonchev–Trinajstić information content (AvgIpc) is 2.64. The maximum absolute atomic E-state index is 10.4. The van der Waals surface area contributed by atoms with Crippen molar-refractivity contribution in [2.24, 2.45) is 5.73 Å². The van der Waals surface area contributed by atoms with Crippen molar-refractivity contribution in [2.45, 2.75) is 31.7 Å². The Morgan fingerprint density at radius 1 is 1.71 bits per heavy atom. The van der Waals surface area contributed by atoms with Gasteiger partial charge in [0.1, 0.15) is 6.04 Å². The van der Waals surface area contributed by atoms with Gasteiger partial charge in [0, 0.05) is 6.54 Å². The molecule has 1 aliphatic carbocycles. The van der Waals surface area contributed by atoms with Crippen molar-refractivity contribution in [1.82, 2.24) is 5.32 Å². The number of carboxylic acids is 1. The summed E-state index contributed by atoms with van der Waals surface area (Å²) in [5.74, 6) is -0.947. The number of hydrogen-bond acceptors (Lipinski definition) is 3. The van der Waals surface area contributed by atoms with Crippen molar-refractivity contribution in [3.63, 3.8) is 0 Å². The van der Waals surface area contributed by atoms with E-state index in [0.29, 0.717) is 6.54 Å². The minimum Gasteiger partial charge on any atom is -0.480 e. The number of rotatable bonds is 6. The van der Waals surface area contributed by atoms with Crippen molar-refractivity contribution in [3.8, 4) is 0 Å². The van der Waals surface area contributed by atoms with Gasteiger partial charge in [-0.2, -0.15) is 0 Å². The fourth-order valence-electron chi connectivity index (χ4n) is 1.56. The van der Waals surface area contributed by atoms with Crippen LogP contribution in [0.1, 0.15) is 25.7 Å². The van der Waals surface area contributed by atoms with Gasteiger partial charge in [-0.1, -0.05) is 11.6 Å². The zero-order chi connectivity index (χ0) is 10.4. The Balaban J connectivity index is 2.01. The lowest BCUT2D eigenvalue weighted by atomic mass is 10.1. The van der Waals surface area contributed by atoms with Crippen LogP contribution >= 0.6 is 0 Å². The Hall–Kier alpha value is -0.870. The Bertz CT molecular complexity index is 226. The third kappa shape index (κ3) is 3.89. The number of nitrogens with two attached hydrogens (primary N) is 1. The van der Waals surface area contributed by atoms with Crippen molar-refractivity contribution in [1.29, 1.82) is 0 Å². The van der Waals surface area contributed by atoms with Gasteiger partial charge in [0.05, 0.1) is 0 Å². The predicted octanol–water partition coefficient (Wildman–Crippen LogP) is 0.488. The highest BCUT2D eigenvalue weighted by molar-refractivity contribution is 5.73. The molecular weight excluding hydrogens is 180 g/mol. The fraction of sp³-hybridized carbons (Fsp3) is 0.700. The third-order valence-electron chi connectivity index (χ3n) is 2.44. The van der Waals surface area contributed by atoms with E-state index in [1.807, 2.05) is 0 Å². The van der Waals surface area contributed by atoms with Crippen LogP contribution in [0.25, 0.3) is 0 Å². The molecule has 0 aliphatic heterocycles. The SMILES string of the molecule is NC(CNCCC1=CCCC1)C(=O)O. The lowest BCUT2D eigenvalue weighted by Gasteiger charge is -2.08. The summed E-state index contributed by atoms with van der Waals surface area (Å²) in [5.41, 5.74) is 6.82. The molecule has 1 aliphatic rings. The van der Waals surface area contributed by atoms with Crippen LogP contribution in [0.3, 0.4) is 0 Å². The molecular formula is C10H18N2O2. The minimum absolute atomic E-state index is 0.350. The van der Waals surface area contributed by atoms with Gasteiger partial charge in [-0.05, 0) is 32.2 Å². The van der Waals surface area contributed by atoms with E-state index in [2.05, 4.69) is 11.4 Å². The van der Waals surface area contributed by atoms with Crippen molar-refractivity contribution >= 4 is 5.97 Å². The summed E-state index contributed by atoms with van der Waals surface area (Å²) in [6.07, 6.45) is 6.96. The van der Waals surface area contributed by atoms with Crippen LogP contribution in [0.4, 0.5) is 0 Å². The first-order chi connectivity index (χ1) is 6.70. The van der Waals surface area contributed by atoms with Gasteiger partial charge in [0.25, 0.3) is 0 Å². The Morgan fingerprint density at radius 3 is 3.07 bits per heavy atom. The molecule has 0 aromatic carbocycles. The molecule has 1 atom stereocenters. The summed E-state index contributed by atoms with van der Waals surface area (Å²) in [7, 11) is 0. The molecule has 0 spiro atoms. The van der Waals surface area contributed by atoms with Crippen LogP contribution in [0.15, 0.2) is 11.6 Å². The van der Waals surface area contributed by atoms with Crippen molar-refractivity contribution in [3.05, 3.63) is 11.6 Å². The number of carboxylic acid groups (broad SMARTS) is 1. The highest BCUT2D eigenvalue weighted by Crippen LogP contribution is 2.19. The second kappa shape index (κ2) is 5.78. The zero-order valence-electron chi connectivity index (χ0n) is 8.33. The van der Waals surface area contributed by atoms with Crippen LogP contribution in [-0.4, -0.2) is 30.2 Å². The van der Waals surface area contributed by atoms with E-state index in [-0.39, 0.29) is 0 Å².